The van der Waals surface area contributed by atoms with Crippen molar-refractivity contribution in [1.82, 2.24) is 4.90 Å². The van der Waals surface area contributed by atoms with E-state index in [0.29, 0.717) is 12.1 Å². The number of halogens is 1. The van der Waals surface area contributed by atoms with Gasteiger partial charge in [-0.3, -0.25) is 4.90 Å². The zero-order valence-electron chi connectivity index (χ0n) is 8.10. The Balaban J connectivity index is 3.70. The van der Waals surface area contributed by atoms with E-state index < -0.39 is 0 Å². The van der Waals surface area contributed by atoms with Gasteiger partial charge in [-0.2, -0.15) is 11.1 Å². The van der Waals surface area contributed by atoms with Crippen LogP contribution in [0.3, 0.4) is 0 Å². The number of hydrogen-bond donors (Lipinski definition) is 0. The van der Waals surface area contributed by atoms with E-state index in [9.17, 15) is 0 Å². The van der Waals surface area contributed by atoms with E-state index in [1.807, 2.05) is 0 Å². The Morgan fingerprint density at radius 2 is 1.64 bits per heavy atom. The van der Waals surface area contributed by atoms with Crippen molar-refractivity contribution in [2.75, 3.05) is 6.54 Å². The van der Waals surface area contributed by atoms with Crippen LogP contribution < -0.4 is 0 Å². The number of hydrogen-bond acceptors (Lipinski definition) is 1. The van der Waals surface area contributed by atoms with Crippen LogP contribution in [-0.2, 0) is 0 Å². The van der Waals surface area contributed by atoms with E-state index in [4.69, 9.17) is 11.1 Å². The highest BCUT2D eigenvalue weighted by atomic mass is 35.6. The summed E-state index contributed by atoms with van der Waals surface area (Å²) in [6.07, 6.45) is 0. The lowest BCUT2D eigenvalue weighted by atomic mass is 10.2. The van der Waals surface area contributed by atoms with E-state index in [-0.39, 0.29) is 8.83 Å². The predicted octanol–water partition coefficient (Wildman–Crippen LogP) is 1.85. The van der Waals surface area contributed by atoms with Crippen molar-refractivity contribution in [2.45, 2.75) is 45.8 Å². The zero-order valence-corrected chi connectivity index (χ0v) is 10.3. The van der Waals surface area contributed by atoms with E-state index in [2.05, 4.69) is 32.6 Å². The molecule has 0 heterocycles. The average Bonchev–Trinajstić information content (AvgIpc) is 1.87. The molecule has 0 radical (unpaired) electrons. The van der Waals surface area contributed by atoms with Gasteiger partial charge in [-0.05, 0) is 40.3 Å². The summed E-state index contributed by atoms with van der Waals surface area (Å²) in [6, 6.07) is 2.55. The van der Waals surface area contributed by atoms with Gasteiger partial charge in [0.25, 0.3) is 0 Å². The Morgan fingerprint density at radius 3 is 1.91 bits per heavy atom. The molecule has 0 rings (SSSR count). The quantitative estimate of drug-likeness (QED) is 0.476. The van der Waals surface area contributed by atoms with Crippen molar-refractivity contribution >= 4 is 19.9 Å². The highest BCUT2D eigenvalue weighted by Gasteiger charge is 2.11. The standard InChI is InChI=1S/C8H20ClNSi/c1-7(2)10(8(3)4)5-6-11-9/h7-8H,5-6,11H2,1-4H3. The highest BCUT2D eigenvalue weighted by molar-refractivity contribution is 6.93. The van der Waals surface area contributed by atoms with E-state index in [1.54, 1.807) is 0 Å². The Bertz CT molecular complexity index is 88.1. The van der Waals surface area contributed by atoms with E-state index in [0.717, 1.165) is 0 Å². The molecule has 0 aliphatic carbocycles. The highest BCUT2D eigenvalue weighted by Crippen LogP contribution is 2.05. The summed E-state index contributed by atoms with van der Waals surface area (Å²) in [4.78, 5) is 2.50. The zero-order chi connectivity index (χ0) is 8.85. The van der Waals surface area contributed by atoms with Gasteiger partial charge in [-0.1, -0.05) is 0 Å². The van der Waals surface area contributed by atoms with E-state index >= 15 is 0 Å². The van der Waals surface area contributed by atoms with Crippen LogP contribution in [0.2, 0.25) is 6.04 Å². The van der Waals surface area contributed by atoms with Gasteiger partial charge < -0.3 is 0 Å². The lowest BCUT2D eigenvalue weighted by molar-refractivity contribution is 0.185. The minimum Gasteiger partial charge on any atom is -0.299 e. The van der Waals surface area contributed by atoms with Crippen LogP contribution in [0.25, 0.3) is 0 Å². The monoisotopic (exact) mass is 193 g/mol. The molecule has 0 saturated carbocycles. The van der Waals surface area contributed by atoms with Crippen LogP contribution in [0.4, 0.5) is 0 Å². The summed E-state index contributed by atoms with van der Waals surface area (Å²) in [6.45, 7) is 10.2. The molecular weight excluding hydrogens is 174 g/mol. The molecule has 0 bridgehead atoms. The topological polar surface area (TPSA) is 3.24 Å². The van der Waals surface area contributed by atoms with Crippen LogP contribution in [-0.4, -0.2) is 32.4 Å². The first-order valence-electron chi connectivity index (χ1n) is 4.41. The maximum Gasteiger partial charge on any atom is 0.126 e. The van der Waals surface area contributed by atoms with Crippen molar-refractivity contribution in [3.63, 3.8) is 0 Å². The van der Waals surface area contributed by atoms with Crippen molar-refractivity contribution in [3.05, 3.63) is 0 Å². The molecule has 0 saturated heterocycles. The number of rotatable bonds is 5. The first-order valence-corrected chi connectivity index (χ1v) is 7.55. The molecule has 0 atom stereocenters. The maximum atomic E-state index is 5.77. The average molecular weight is 194 g/mol. The van der Waals surface area contributed by atoms with Crippen LogP contribution in [0.15, 0.2) is 0 Å². The first-order chi connectivity index (χ1) is 5.09. The minimum absolute atomic E-state index is 0.262. The molecule has 1 nitrogen and oxygen atoms in total. The predicted molar refractivity (Wildman–Crippen MR) is 56.2 cm³/mol. The van der Waals surface area contributed by atoms with Gasteiger partial charge in [-0.25, -0.2) is 0 Å². The molecule has 3 heteroatoms. The van der Waals surface area contributed by atoms with Gasteiger partial charge >= 0.3 is 0 Å². The molecule has 0 aliphatic heterocycles. The van der Waals surface area contributed by atoms with Gasteiger partial charge in [0.1, 0.15) is 8.83 Å². The van der Waals surface area contributed by atoms with Crippen molar-refractivity contribution in [2.24, 2.45) is 0 Å². The van der Waals surface area contributed by atoms with Gasteiger partial charge in [0.15, 0.2) is 0 Å². The molecule has 0 fully saturated rings. The van der Waals surface area contributed by atoms with E-state index in [1.165, 1.54) is 12.6 Å². The molecule has 0 aliphatic rings. The third-order valence-corrected chi connectivity index (χ3v) is 3.26. The van der Waals surface area contributed by atoms with Crippen LogP contribution in [0, 0.1) is 0 Å². The lowest BCUT2D eigenvalue weighted by Gasteiger charge is -2.30. The molecular formula is C8H20ClNSi. The molecule has 0 spiro atoms. The summed E-state index contributed by atoms with van der Waals surface area (Å²) >= 11 is 5.77. The summed E-state index contributed by atoms with van der Waals surface area (Å²) in [5.41, 5.74) is 0. The smallest absolute Gasteiger partial charge is 0.126 e. The minimum atomic E-state index is -0.262. The molecule has 0 unspecified atom stereocenters. The number of nitrogens with zero attached hydrogens (tertiary/aromatic N) is 1. The molecule has 0 aromatic heterocycles. The van der Waals surface area contributed by atoms with Crippen molar-refractivity contribution < 1.29 is 0 Å². The van der Waals surface area contributed by atoms with Crippen LogP contribution in [0.1, 0.15) is 27.7 Å². The second-order valence-corrected chi connectivity index (χ2v) is 5.69. The molecule has 0 aromatic carbocycles. The largest absolute Gasteiger partial charge is 0.299 e. The summed E-state index contributed by atoms with van der Waals surface area (Å²) in [5.74, 6) is 0. The van der Waals surface area contributed by atoms with Crippen LogP contribution in [0.5, 0.6) is 0 Å². The normalized spacial score (nSPS) is 13.1. The fraction of sp³-hybridized carbons (Fsp3) is 1.00. The van der Waals surface area contributed by atoms with Crippen molar-refractivity contribution in [1.29, 1.82) is 0 Å². The van der Waals surface area contributed by atoms with Gasteiger partial charge in [0.2, 0.25) is 0 Å². The Morgan fingerprint density at radius 1 is 1.18 bits per heavy atom. The molecule has 68 valence electrons. The summed E-state index contributed by atoms with van der Waals surface area (Å²) in [5, 5.41) is 0. The third-order valence-electron chi connectivity index (χ3n) is 1.88. The maximum absolute atomic E-state index is 5.77. The Kier molecular flexibility index (Phi) is 6.29. The molecule has 0 amide bonds. The molecule has 0 N–H and O–H groups in total. The lowest BCUT2D eigenvalue weighted by Crippen LogP contribution is -2.37. The summed E-state index contributed by atoms with van der Waals surface area (Å²) in [7, 11) is -0.262. The molecule has 11 heavy (non-hydrogen) atoms. The Labute approximate surface area is 77.6 Å². The van der Waals surface area contributed by atoms with Crippen molar-refractivity contribution in [3.8, 4) is 0 Å². The fourth-order valence-corrected chi connectivity index (χ4v) is 2.20. The molecule has 0 aromatic rings. The van der Waals surface area contributed by atoms with Crippen LogP contribution >= 0.6 is 11.1 Å². The first kappa shape index (κ1) is 11.5. The van der Waals surface area contributed by atoms with Gasteiger partial charge in [0.05, 0.1) is 0 Å². The summed E-state index contributed by atoms with van der Waals surface area (Å²) < 4.78 is 0. The van der Waals surface area contributed by atoms with Gasteiger partial charge in [-0.15, -0.1) is 0 Å². The third kappa shape index (κ3) is 4.83. The SMILES string of the molecule is CC(C)N(CC[SiH2]Cl)C(C)C. The Hall–Kier alpha value is 0.467. The van der Waals surface area contributed by atoms with Gasteiger partial charge in [0, 0.05) is 12.1 Å². The second-order valence-electron chi connectivity index (χ2n) is 3.47. The second kappa shape index (κ2) is 6.04. The fourth-order valence-electron chi connectivity index (χ4n) is 1.36.